The van der Waals surface area contributed by atoms with Gasteiger partial charge in [-0.15, -0.1) is 0 Å². The lowest BCUT2D eigenvalue weighted by atomic mass is 10.1. The minimum Gasteiger partial charge on any atom is -0.383 e. The Kier molecular flexibility index (Phi) is 4.95. The molecule has 6 rings (SSSR count). The lowest BCUT2D eigenvalue weighted by Gasteiger charge is -2.23. The number of halogens is 1. The summed E-state index contributed by atoms with van der Waals surface area (Å²) in [6, 6.07) is 14.0. The third-order valence-corrected chi connectivity index (χ3v) is 6.80. The molecule has 7 nitrogen and oxygen atoms in total. The zero-order valence-corrected chi connectivity index (χ0v) is 18.3. The summed E-state index contributed by atoms with van der Waals surface area (Å²) < 4.78 is 16.1. The number of anilines is 2. The Morgan fingerprint density at radius 2 is 2.00 bits per heavy atom. The van der Waals surface area contributed by atoms with Crippen LogP contribution in [-0.2, 0) is 13.0 Å². The number of fused-ring (bicyclic) bond motifs is 2. The van der Waals surface area contributed by atoms with Gasteiger partial charge in [0.05, 0.1) is 11.4 Å². The van der Waals surface area contributed by atoms with Crippen LogP contribution in [0.4, 0.5) is 15.9 Å². The number of hydrogen-bond acceptors (Lipinski definition) is 6. The molecule has 1 atom stereocenters. The molecule has 168 valence electrons. The summed E-state index contributed by atoms with van der Waals surface area (Å²) in [5.41, 5.74) is 11.8. The molecule has 0 bridgehead atoms. The standard InChI is InChI=1S/C25H26FN7/c26-20-4-1-5-21-19(20)10-12-32(21)14-16-6-8-17(9-7-16)23-22-24(27)29-15-30-25(22)33(31-23)18-3-2-11-28-13-18/h1,4-9,15,18,28H,2-3,10-14H2,(H2,27,29,30)/t18-/m1/s1. The van der Waals surface area contributed by atoms with Crippen LogP contribution in [-0.4, -0.2) is 39.4 Å². The Balaban J connectivity index is 1.32. The van der Waals surface area contributed by atoms with E-state index in [4.69, 9.17) is 10.8 Å². The van der Waals surface area contributed by atoms with Gasteiger partial charge in [-0.25, -0.2) is 19.0 Å². The molecule has 3 N–H and O–H groups in total. The number of aromatic nitrogens is 4. The zero-order chi connectivity index (χ0) is 22.4. The summed E-state index contributed by atoms with van der Waals surface area (Å²) in [5.74, 6) is 0.339. The zero-order valence-electron chi connectivity index (χ0n) is 18.3. The van der Waals surface area contributed by atoms with Gasteiger partial charge in [-0.2, -0.15) is 5.10 Å². The van der Waals surface area contributed by atoms with Crippen molar-refractivity contribution in [3.63, 3.8) is 0 Å². The maximum Gasteiger partial charge on any atom is 0.164 e. The molecule has 4 heterocycles. The van der Waals surface area contributed by atoms with Crippen LogP contribution >= 0.6 is 0 Å². The highest BCUT2D eigenvalue weighted by molar-refractivity contribution is 5.98. The smallest absolute Gasteiger partial charge is 0.164 e. The molecule has 2 aliphatic heterocycles. The summed E-state index contributed by atoms with van der Waals surface area (Å²) in [7, 11) is 0. The molecule has 0 radical (unpaired) electrons. The predicted molar refractivity (Wildman–Crippen MR) is 127 cm³/mol. The van der Waals surface area contributed by atoms with E-state index < -0.39 is 0 Å². The first-order valence-corrected chi connectivity index (χ1v) is 11.5. The second kappa shape index (κ2) is 8.12. The van der Waals surface area contributed by atoms with Gasteiger partial charge in [0.1, 0.15) is 23.7 Å². The summed E-state index contributed by atoms with van der Waals surface area (Å²) in [4.78, 5) is 11.0. The topological polar surface area (TPSA) is 84.9 Å². The van der Waals surface area contributed by atoms with E-state index in [1.165, 1.54) is 11.9 Å². The van der Waals surface area contributed by atoms with Gasteiger partial charge in [-0.05, 0) is 43.5 Å². The van der Waals surface area contributed by atoms with Crippen LogP contribution in [0.1, 0.15) is 30.0 Å². The predicted octanol–water partition coefficient (Wildman–Crippen LogP) is 3.70. The number of nitrogens with one attached hydrogen (secondary N) is 1. The average molecular weight is 444 g/mol. The highest BCUT2D eigenvalue weighted by Crippen LogP contribution is 2.34. The van der Waals surface area contributed by atoms with Gasteiger partial charge >= 0.3 is 0 Å². The van der Waals surface area contributed by atoms with Crippen LogP contribution in [0.5, 0.6) is 0 Å². The fourth-order valence-electron chi connectivity index (χ4n) is 5.11. The molecule has 8 heteroatoms. The summed E-state index contributed by atoms with van der Waals surface area (Å²) >= 11 is 0. The average Bonchev–Trinajstić information content (AvgIpc) is 3.44. The van der Waals surface area contributed by atoms with E-state index >= 15 is 0 Å². The lowest BCUT2D eigenvalue weighted by Crippen LogP contribution is -2.32. The largest absolute Gasteiger partial charge is 0.383 e. The van der Waals surface area contributed by atoms with Gasteiger partial charge < -0.3 is 16.0 Å². The van der Waals surface area contributed by atoms with E-state index in [2.05, 4.69) is 44.5 Å². The van der Waals surface area contributed by atoms with Crippen molar-refractivity contribution in [1.82, 2.24) is 25.1 Å². The van der Waals surface area contributed by atoms with Gasteiger partial charge in [0.15, 0.2) is 5.65 Å². The van der Waals surface area contributed by atoms with E-state index in [0.717, 1.165) is 79.0 Å². The van der Waals surface area contributed by atoms with Crippen LogP contribution < -0.4 is 16.0 Å². The number of hydrogen-bond donors (Lipinski definition) is 2. The van der Waals surface area contributed by atoms with Crippen molar-refractivity contribution in [2.45, 2.75) is 31.8 Å². The second-order valence-corrected chi connectivity index (χ2v) is 8.86. The Morgan fingerprint density at radius 3 is 2.82 bits per heavy atom. The molecule has 0 unspecified atom stereocenters. The van der Waals surface area contributed by atoms with Crippen molar-refractivity contribution in [1.29, 1.82) is 0 Å². The minimum absolute atomic E-state index is 0.110. The van der Waals surface area contributed by atoms with Crippen molar-refractivity contribution in [2.24, 2.45) is 0 Å². The molecule has 2 aliphatic rings. The SMILES string of the molecule is Nc1ncnc2c1c(-c1ccc(CN3CCc4c(F)cccc43)cc1)nn2[C@@H]1CCCNC1. The molecular weight excluding hydrogens is 417 g/mol. The van der Waals surface area contributed by atoms with Crippen molar-refractivity contribution in [3.8, 4) is 11.3 Å². The number of piperidine rings is 1. The first-order valence-electron chi connectivity index (χ1n) is 11.5. The van der Waals surface area contributed by atoms with E-state index in [0.29, 0.717) is 5.82 Å². The third-order valence-electron chi connectivity index (χ3n) is 6.80. The molecule has 2 aromatic heterocycles. The highest BCUT2D eigenvalue weighted by Gasteiger charge is 2.24. The Hall–Kier alpha value is -3.52. The lowest BCUT2D eigenvalue weighted by molar-refractivity contribution is 0.354. The van der Waals surface area contributed by atoms with Crippen molar-refractivity contribution in [2.75, 3.05) is 30.3 Å². The number of nitrogen functional groups attached to an aromatic ring is 1. The Labute approximate surface area is 191 Å². The van der Waals surface area contributed by atoms with Gasteiger partial charge in [-0.3, -0.25) is 0 Å². The van der Waals surface area contributed by atoms with Crippen LogP contribution in [0.2, 0.25) is 0 Å². The van der Waals surface area contributed by atoms with E-state index in [1.54, 1.807) is 12.1 Å². The Morgan fingerprint density at radius 1 is 1.12 bits per heavy atom. The molecule has 33 heavy (non-hydrogen) atoms. The summed E-state index contributed by atoms with van der Waals surface area (Å²) in [5, 5.41) is 9.21. The number of nitrogens with two attached hydrogens (primary N) is 1. The first-order chi connectivity index (χ1) is 16.2. The molecule has 1 fully saturated rings. The van der Waals surface area contributed by atoms with Crippen molar-refractivity contribution >= 4 is 22.5 Å². The Bertz CT molecular complexity index is 1310. The van der Waals surface area contributed by atoms with E-state index in [1.807, 2.05) is 10.7 Å². The number of rotatable bonds is 4. The van der Waals surface area contributed by atoms with Gasteiger partial charge in [0, 0.05) is 36.4 Å². The normalized spacial score (nSPS) is 18.1. The van der Waals surface area contributed by atoms with Crippen LogP contribution in [0.15, 0.2) is 48.8 Å². The first kappa shape index (κ1) is 20.1. The van der Waals surface area contributed by atoms with Gasteiger partial charge in [0.2, 0.25) is 0 Å². The summed E-state index contributed by atoms with van der Waals surface area (Å²) in [6.45, 7) is 3.48. The fourth-order valence-corrected chi connectivity index (χ4v) is 5.11. The molecule has 0 aliphatic carbocycles. The molecule has 4 aromatic rings. The van der Waals surface area contributed by atoms with Crippen molar-refractivity contribution in [3.05, 3.63) is 65.7 Å². The van der Waals surface area contributed by atoms with Gasteiger partial charge in [-0.1, -0.05) is 30.3 Å². The molecule has 0 amide bonds. The third kappa shape index (κ3) is 3.51. The highest BCUT2D eigenvalue weighted by atomic mass is 19.1. The molecule has 1 saturated heterocycles. The molecule has 0 spiro atoms. The summed E-state index contributed by atoms with van der Waals surface area (Å²) in [6.07, 6.45) is 4.43. The van der Waals surface area contributed by atoms with Gasteiger partial charge in [0.25, 0.3) is 0 Å². The molecule has 0 saturated carbocycles. The van der Waals surface area contributed by atoms with Crippen LogP contribution in [0, 0.1) is 5.82 Å². The second-order valence-electron chi connectivity index (χ2n) is 8.86. The van der Waals surface area contributed by atoms with Crippen molar-refractivity contribution < 1.29 is 4.39 Å². The quantitative estimate of drug-likeness (QED) is 0.500. The maximum atomic E-state index is 14.1. The maximum absolute atomic E-state index is 14.1. The minimum atomic E-state index is -0.110. The fraction of sp³-hybridized carbons (Fsp3) is 0.320. The molecule has 2 aromatic carbocycles. The molecular formula is C25H26FN7. The number of benzene rings is 2. The number of nitrogens with zero attached hydrogens (tertiary/aromatic N) is 5. The van der Waals surface area contributed by atoms with Crippen LogP contribution in [0.3, 0.4) is 0 Å². The van der Waals surface area contributed by atoms with E-state index in [-0.39, 0.29) is 11.9 Å². The van der Waals surface area contributed by atoms with E-state index in [9.17, 15) is 4.39 Å². The van der Waals surface area contributed by atoms with Crippen LogP contribution in [0.25, 0.3) is 22.3 Å². The monoisotopic (exact) mass is 443 g/mol.